The Morgan fingerprint density at radius 1 is 0.833 bits per heavy atom. The molecule has 1 N–H and O–H groups in total. The van der Waals surface area contributed by atoms with E-state index in [-0.39, 0.29) is 24.8 Å². The van der Waals surface area contributed by atoms with Gasteiger partial charge in [0, 0.05) is 29.9 Å². The predicted octanol–water partition coefficient (Wildman–Crippen LogP) is 5.67. The minimum atomic E-state index is -3.87. The number of fused-ring (bicyclic) bond motifs is 1. The SMILES string of the molecule is CC(C)CNC(=O)[C@@H](Cc1ccccc1)N(Cc1ccc(Cl)cc1)C(=O)CN(c1cccc2ccccc12)S(C)(=O)=O. The highest BCUT2D eigenvalue weighted by atomic mass is 35.5. The van der Waals surface area contributed by atoms with Gasteiger partial charge in [-0.2, -0.15) is 0 Å². The van der Waals surface area contributed by atoms with Gasteiger partial charge in [-0.3, -0.25) is 13.9 Å². The van der Waals surface area contributed by atoms with Crippen LogP contribution in [0.4, 0.5) is 5.69 Å². The van der Waals surface area contributed by atoms with Gasteiger partial charge in [0.2, 0.25) is 21.8 Å². The number of carbonyl (C=O) groups is 2. The van der Waals surface area contributed by atoms with E-state index in [2.05, 4.69) is 5.32 Å². The number of benzene rings is 4. The number of nitrogens with zero attached hydrogens (tertiary/aromatic N) is 2. The van der Waals surface area contributed by atoms with Gasteiger partial charge in [-0.25, -0.2) is 8.42 Å². The maximum absolute atomic E-state index is 14.3. The van der Waals surface area contributed by atoms with Crippen molar-refractivity contribution in [1.29, 1.82) is 0 Å². The summed E-state index contributed by atoms with van der Waals surface area (Å²) in [6.45, 7) is 4.06. The highest BCUT2D eigenvalue weighted by Gasteiger charge is 2.33. The smallest absolute Gasteiger partial charge is 0.244 e. The van der Waals surface area contributed by atoms with Crippen molar-refractivity contribution in [2.45, 2.75) is 32.9 Å². The van der Waals surface area contributed by atoms with Crippen LogP contribution in [0.3, 0.4) is 0 Å². The number of halogens is 1. The van der Waals surface area contributed by atoms with Crippen molar-refractivity contribution in [3.8, 4) is 0 Å². The third kappa shape index (κ3) is 8.11. The lowest BCUT2D eigenvalue weighted by atomic mass is 10.0. The molecule has 220 valence electrons. The van der Waals surface area contributed by atoms with E-state index in [1.165, 1.54) is 4.90 Å². The fraction of sp³-hybridized carbons (Fsp3) is 0.273. The van der Waals surface area contributed by atoms with Crippen molar-refractivity contribution in [3.05, 3.63) is 113 Å². The van der Waals surface area contributed by atoms with E-state index in [4.69, 9.17) is 11.6 Å². The Hall–Kier alpha value is -3.88. The topological polar surface area (TPSA) is 86.8 Å². The number of carbonyl (C=O) groups excluding carboxylic acids is 2. The highest BCUT2D eigenvalue weighted by Crippen LogP contribution is 2.29. The summed E-state index contributed by atoms with van der Waals surface area (Å²) >= 11 is 6.12. The lowest BCUT2D eigenvalue weighted by molar-refractivity contribution is -0.140. The molecule has 0 fully saturated rings. The highest BCUT2D eigenvalue weighted by molar-refractivity contribution is 7.92. The minimum absolute atomic E-state index is 0.0930. The van der Waals surface area contributed by atoms with Crippen molar-refractivity contribution in [3.63, 3.8) is 0 Å². The van der Waals surface area contributed by atoms with Gasteiger partial charge in [0.05, 0.1) is 11.9 Å². The summed E-state index contributed by atoms with van der Waals surface area (Å²) in [6, 6.07) is 28.4. The fourth-order valence-electron chi connectivity index (χ4n) is 4.78. The van der Waals surface area contributed by atoms with E-state index in [9.17, 15) is 18.0 Å². The van der Waals surface area contributed by atoms with Crippen LogP contribution >= 0.6 is 11.6 Å². The zero-order valence-corrected chi connectivity index (χ0v) is 25.6. The summed E-state index contributed by atoms with van der Waals surface area (Å²) in [5.74, 6) is -0.589. The van der Waals surface area contributed by atoms with Crippen molar-refractivity contribution in [1.82, 2.24) is 10.2 Å². The summed E-state index contributed by atoms with van der Waals surface area (Å²) < 4.78 is 27.4. The number of nitrogens with one attached hydrogen (secondary N) is 1. The predicted molar refractivity (Wildman–Crippen MR) is 170 cm³/mol. The molecule has 0 aromatic heterocycles. The summed E-state index contributed by atoms with van der Waals surface area (Å²) in [7, 11) is -3.87. The van der Waals surface area contributed by atoms with E-state index in [1.807, 2.05) is 74.5 Å². The first kappa shape index (κ1) is 31.1. The van der Waals surface area contributed by atoms with E-state index < -0.39 is 28.5 Å². The molecule has 7 nitrogen and oxygen atoms in total. The van der Waals surface area contributed by atoms with E-state index in [0.717, 1.165) is 27.1 Å². The molecule has 0 heterocycles. The second-order valence-corrected chi connectivity index (χ2v) is 13.1. The minimum Gasteiger partial charge on any atom is -0.354 e. The number of amides is 2. The third-order valence-corrected chi connectivity index (χ3v) is 8.31. The van der Waals surface area contributed by atoms with Gasteiger partial charge in [0.15, 0.2) is 0 Å². The zero-order chi connectivity index (χ0) is 30.3. The van der Waals surface area contributed by atoms with Crippen LogP contribution in [0.1, 0.15) is 25.0 Å². The van der Waals surface area contributed by atoms with Crippen LogP contribution in [0.2, 0.25) is 5.02 Å². The molecule has 2 amide bonds. The van der Waals surface area contributed by atoms with E-state index in [0.29, 0.717) is 22.6 Å². The Morgan fingerprint density at radius 2 is 1.48 bits per heavy atom. The fourth-order valence-corrected chi connectivity index (χ4v) is 5.77. The molecule has 9 heteroatoms. The first-order valence-electron chi connectivity index (χ1n) is 13.8. The van der Waals surface area contributed by atoms with Crippen LogP contribution in [-0.4, -0.2) is 50.5 Å². The molecule has 4 aromatic rings. The zero-order valence-electron chi connectivity index (χ0n) is 24.0. The summed E-state index contributed by atoms with van der Waals surface area (Å²) in [6.07, 6.45) is 1.35. The quantitative estimate of drug-likeness (QED) is 0.225. The van der Waals surface area contributed by atoms with E-state index in [1.54, 1.807) is 36.4 Å². The Kier molecular flexibility index (Phi) is 10.2. The number of anilines is 1. The molecule has 0 radical (unpaired) electrons. The first-order chi connectivity index (χ1) is 20.0. The van der Waals surface area contributed by atoms with Crippen LogP contribution in [0.15, 0.2) is 97.1 Å². The van der Waals surface area contributed by atoms with Gasteiger partial charge >= 0.3 is 0 Å². The monoisotopic (exact) mass is 605 g/mol. The van der Waals surface area contributed by atoms with E-state index >= 15 is 0 Å². The number of rotatable bonds is 12. The van der Waals surface area contributed by atoms with Crippen molar-refractivity contribution < 1.29 is 18.0 Å². The Labute approximate surface area is 253 Å². The van der Waals surface area contributed by atoms with Gasteiger partial charge < -0.3 is 10.2 Å². The van der Waals surface area contributed by atoms with Crippen LogP contribution in [-0.2, 0) is 32.6 Å². The number of sulfonamides is 1. The molecule has 4 rings (SSSR count). The van der Waals surface area contributed by atoms with Crippen molar-refractivity contribution in [2.75, 3.05) is 23.7 Å². The molecule has 0 bridgehead atoms. The molecule has 0 aliphatic heterocycles. The van der Waals surface area contributed by atoms with Crippen molar-refractivity contribution >= 4 is 49.9 Å². The first-order valence-corrected chi connectivity index (χ1v) is 16.1. The number of hydrogen-bond donors (Lipinski definition) is 1. The molecule has 0 saturated heterocycles. The molecule has 0 aliphatic carbocycles. The van der Waals surface area contributed by atoms with Crippen LogP contribution in [0, 0.1) is 5.92 Å². The molecule has 1 atom stereocenters. The van der Waals surface area contributed by atoms with Gasteiger partial charge in [-0.15, -0.1) is 0 Å². The third-order valence-electron chi connectivity index (χ3n) is 6.94. The normalized spacial score (nSPS) is 12.2. The average Bonchev–Trinajstić information content (AvgIpc) is 2.97. The number of hydrogen-bond acceptors (Lipinski definition) is 4. The van der Waals surface area contributed by atoms with Crippen molar-refractivity contribution in [2.24, 2.45) is 5.92 Å². The molecule has 0 aliphatic rings. The molecule has 0 saturated carbocycles. The summed E-state index contributed by atoms with van der Waals surface area (Å²) in [5.41, 5.74) is 2.04. The van der Waals surface area contributed by atoms with Gasteiger partial charge in [0.1, 0.15) is 12.6 Å². The second-order valence-electron chi connectivity index (χ2n) is 10.8. The molecule has 0 unspecified atom stereocenters. The Morgan fingerprint density at radius 3 is 2.14 bits per heavy atom. The lowest BCUT2D eigenvalue weighted by Gasteiger charge is -2.34. The molecule has 0 spiro atoms. The molecular formula is C33H36ClN3O4S. The second kappa shape index (κ2) is 13.9. The largest absolute Gasteiger partial charge is 0.354 e. The Bertz CT molecular complexity index is 1620. The molecule has 42 heavy (non-hydrogen) atoms. The van der Waals surface area contributed by atoms with Gasteiger partial charge in [0.25, 0.3) is 0 Å². The van der Waals surface area contributed by atoms with Crippen LogP contribution in [0.25, 0.3) is 10.8 Å². The standard InChI is InChI=1S/C33H36ClN3O4S/c1-24(2)21-35-33(39)31(20-25-10-5-4-6-11-25)36(22-26-16-18-28(34)19-17-26)32(38)23-37(42(3,40)41)30-15-9-13-27-12-7-8-14-29(27)30/h4-19,24,31H,20-23H2,1-3H3,(H,35,39)/t31-/m1/s1. The maximum atomic E-state index is 14.3. The molecule has 4 aromatic carbocycles. The summed E-state index contributed by atoms with van der Waals surface area (Å²) in [5, 5.41) is 5.09. The van der Waals surface area contributed by atoms with Gasteiger partial charge in [-0.1, -0.05) is 104 Å². The lowest BCUT2D eigenvalue weighted by Crippen LogP contribution is -2.53. The van der Waals surface area contributed by atoms with Gasteiger partial charge in [-0.05, 0) is 40.6 Å². The van der Waals surface area contributed by atoms with Crippen LogP contribution in [0.5, 0.6) is 0 Å². The molecular weight excluding hydrogens is 570 g/mol. The maximum Gasteiger partial charge on any atom is 0.244 e. The van der Waals surface area contributed by atoms with Crippen LogP contribution < -0.4 is 9.62 Å². The summed E-state index contributed by atoms with van der Waals surface area (Å²) in [4.78, 5) is 29.5. The Balaban J connectivity index is 1.77. The average molecular weight is 606 g/mol.